The van der Waals surface area contributed by atoms with Crippen molar-refractivity contribution in [2.24, 2.45) is 0 Å². The summed E-state index contributed by atoms with van der Waals surface area (Å²) in [6.07, 6.45) is 0. The molecule has 5 aromatic rings. The lowest BCUT2D eigenvalue weighted by atomic mass is 9.98. The molecule has 0 radical (unpaired) electrons. The molecule has 0 aliphatic carbocycles. The van der Waals surface area contributed by atoms with E-state index in [9.17, 15) is 4.79 Å². The van der Waals surface area contributed by atoms with Crippen LogP contribution in [0.3, 0.4) is 0 Å². The zero-order valence-corrected chi connectivity index (χ0v) is 20.9. The van der Waals surface area contributed by atoms with E-state index in [2.05, 4.69) is 17.4 Å². The number of thioether (sulfide) groups is 1. The van der Waals surface area contributed by atoms with Gasteiger partial charge in [-0.05, 0) is 42.0 Å². The quantitative estimate of drug-likeness (QED) is 0.230. The first-order chi connectivity index (χ1) is 17.1. The Kier molecular flexibility index (Phi) is 7.05. The Bertz CT molecular complexity index is 1490. The number of rotatable bonds is 6. The molecule has 0 saturated carbocycles. The van der Waals surface area contributed by atoms with E-state index in [1.54, 1.807) is 0 Å². The Morgan fingerprint density at radius 1 is 0.771 bits per heavy atom. The topological polar surface area (TPSA) is 42.0 Å². The third kappa shape index (κ3) is 5.35. The van der Waals surface area contributed by atoms with Gasteiger partial charge in [-0.15, -0.1) is 11.8 Å². The van der Waals surface area contributed by atoms with E-state index in [0.717, 1.165) is 43.9 Å². The van der Waals surface area contributed by atoms with Crippen LogP contribution in [0.25, 0.3) is 33.3 Å². The van der Waals surface area contributed by atoms with Gasteiger partial charge in [0.05, 0.1) is 17.0 Å². The molecule has 1 N–H and O–H groups in total. The third-order valence-electron chi connectivity index (χ3n) is 5.49. The molecule has 1 aromatic heterocycles. The molecule has 1 heterocycles. The number of carbonyl (C=O) groups excluding carboxylic acids is 1. The first-order valence-corrected chi connectivity index (χ1v) is 12.7. The maximum absolute atomic E-state index is 12.8. The Morgan fingerprint density at radius 3 is 2.14 bits per heavy atom. The highest BCUT2D eigenvalue weighted by Gasteiger charge is 2.20. The van der Waals surface area contributed by atoms with Gasteiger partial charge in [0.1, 0.15) is 0 Å². The van der Waals surface area contributed by atoms with E-state index in [1.807, 2.05) is 91.0 Å². The van der Waals surface area contributed by atoms with Crippen molar-refractivity contribution in [2.45, 2.75) is 4.90 Å². The highest BCUT2D eigenvalue weighted by atomic mass is 35.5. The minimum Gasteiger partial charge on any atom is -0.325 e. The van der Waals surface area contributed by atoms with Gasteiger partial charge in [0.25, 0.3) is 0 Å². The van der Waals surface area contributed by atoms with Crippen molar-refractivity contribution >= 4 is 57.5 Å². The van der Waals surface area contributed by atoms with Gasteiger partial charge in [-0.3, -0.25) is 4.79 Å². The highest BCUT2D eigenvalue weighted by molar-refractivity contribution is 8.00. The number of carbonyl (C=O) groups is 1. The van der Waals surface area contributed by atoms with Crippen LogP contribution in [0, 0.1) is 0 Å². The zero-order valence-electron chi connectivity index (χ0n) is 18.5. The molecule has 35 heavy (non-hydrogen) atoms. The number of pyridine rings is 1. The molecule has 4 aromatic carbocycles. The lowest BCUT2D eigenvalue weighted by Crippen LogP contribution is -2.14. The molecule has 5 rings (SSSR count). The summed E-state index contributed by atoms with van der Waals surface area (Å²) in [5, 5.41) is 5.21. The Labute approximate surface area is 218 Å². The van der Waals surface area contributed by atoms with Crippen LogP contribution in [0.15, 0.2) is 108 Å². The number of anilines is 1. The maximum Gasteiger partial charge on any atom is 0.234 e. The van der Waals surface area contributed by atoms with E-state index in [0.29, 0.717) is 10.0 Å². The number of aromatic nitrogens is 1. The summed E-state index contributed by atoms with van der Waals surface area (Å²) < 4.78 is 0. The van der Waals surface area contributed by atoms with Crippen LogP contribution >= 0.6 is 35.0 Å². The molecule has 0 aliphatic heterocycles. The fraction of sp³-hybridized carbons (Fsp3) is 0.0345. The van der Waals surface area contributed by atoms with Gasteiger partial charge in [0, 0.05) is 37.1 Å². The van der Waals surface area contributed by atoms with Crippen LogP contribution in [-0.2, 0) is 4.79 Å². The SMILES string of the molecule is O=C(CSc1c(-c2ccc(Cl)cc2)nc2cc(Cl)ccc2c1-c1ccccc1)Nc1ccccc1. The molecular formula is C29H20Cl2N2OS. The number of nitrogens with zero attached hydrogens (tertiary/aromatic N) is 1. The summed E-state index contributed by atoms with van der Waals surface area (Å²) in [5.74, 6) is 0.147. The first kappa shape index (κ1) is 23.4. The number of benzene rings is 4. The van der Waals surface area contributed by atoms with E-state index in [-0.39, 0.29) is 11.7 Å². The fourth-order valence-electron chi connectivity index (χ4n) is 3.91. The number of nitrogens with one attached hydrogen (secondary N) is 1. The molecule has 0 saturated heterocycles. The van der Waals surface area contributed by atoms with Crippen LogP contribution < -0.4 is 5.32 Å². The molecule has 0 bridgehead atoms. The standard InChI is InChI=1S/C29H20Cl2N2OS/c30-21-13-11-20(12-14-21)28-29(35-18-26(34)32-23-9-5-2-6-10-23)27(19-7-3-1-4-8-19)24-16-15-22(31)17-25(24)33-28/h1-17H,18H2,(H,32,34). The number of fused-ring (bicyclic) bond motifs is 1. The van der Waals surface area contributed by atoms with Crippen LogP contribution in [-0.4, -0.2) is 16.6 Å². The highest BCUT2D eigenvalue weighted by Crippen LogP contribution is 2.43. The summed E-state index contributed by atoms with van der Waals surface area (Å²) in [5.41, 5.74) is 5.33. The Hall–Kier alpha value is -3.31. The van der Waals surface area contributed by atoms with Gasteiger partial charge in [-0.1, -0.05) is 89.9 Å². The van der Waals surface area contributed by atoms with Gasteiger partial charge in [-0.25, -0.2) is 4.98 Å². The summed E-state index contributed by atoms with van der Waals surface area (Å²) in [6.45, 7) is 0. The molecule has 1 amide bonds. The second-order valence-corrected chi connectivity index (χ2v) is 9.76. The Morgan fingerprint density at radius 2 is 1.43 bits per heavy atom. The van der Waals surface area contributed by atoms with E-state index in [4.69, 9.17) is 28.2 Å². The fourth-order valence-corrected chi connectivity index (χ4v) is 5.22. The number of amides is 1. The third-order valence-corrected chi connectivity index (χ3v) is 7.07. The van der Waals surface area contributed by atoms with Crippen molar-refractivity contribution in [3.8, 4) is 22.4 Å². The van der Waals surface area contributed by atoms with Crippen molar-refractivity contribution in [3.05, 3.63) is 113 Å². The molecule has 6 heteroatoms. The molecule has 0 fully saturated rings. The van der Waals surface area contributed by atoms with Gasteiger partial charge in [0.15, 0.2) is 0 Å². The van der Waals surface area contributed by atoms with Gasteiger partial charge >= 0.3 is 0 Å². The van der Waals surface area contributed by atoms with Crippen molar-refractivity contribution in [3.63, 3.8) is 0 Å². The average Bonchev–Trinajstić information content (AvgIpc) is 2.88. The summed E-state index contributed by atoms with van der Waals surface area (Å²) in [4.78, 5) is 18.8. The molecule has 0 unspecified atom stereocenters. The van der Waals surface area contributed by atoms with Gasteiger partial charge in [0.2, 0.25) is 5.91 Å². The molecule has 0 atom stereocenters. The van der Waals surface area contributed by atoms with Crippen LogP contribution in [0.4, 0.5) is 5.69 Å². The van der Waals surface area contributed by atoms with Crippen molar-refractivity contribution < 1.29 is 4.79 Å². The monoisotopic (exact) mass is 514 g/mol. The molecule has 0 aliphatic rings. The zero-order chi connectivity index (χ0) is 24.2. The van der Waals surface area contributed by atoms with Crippen LogP contribution in [0.5, 0.6) is 0 Å². The normalized spacial score (nSPS) is 10.9. The number of hydrogen-bond acceptors (Lipinski definition) is 3. The minimum absolute atomic E-state index is 0.0847. The van der Waals surface area contributed by atoms with E-state index < -0.39 is 0 Å². The second-order valence-electron chi connectivity index (χ2n) is 7.90. The summed E-state index contributed by atoms with van der Waals surface area (Å²) >= 11 is 14.0. The number of hydrogen-bond donors (Lipinski definition) is 1. The molecule has 0 spiro atoms. The maximum atomic E-state index is 12.8. The minimum atomic E-state index is -0.0847. The average molecular weight is 515 g/mol. The summed E-state index contributed by atoms with van der Waals surface area (Å²) in [6, 6.07) is 32.9. The van der Waals surface area contributed by atoms with Crippen molar-refractivity contribution in [2.75, 3.05) is 11.1 Å². The van der Waals surface area contributed by atoms with Crippen LogP contribution in [0.1, 0.15) is 0 Å². The number of halogens is 2. The van der Waals surface area contributed by atoms with E-state index in [1.165, 1.54) is 11.8 Å². The van der Waals surface area contributed by atoms with Gasteiger partial charge in [-0.2, -0.15) is 0 Å². The predicted octanol–water partition coefficient (Wildman–Crippen LogP) is 8.61. The molecular weight excluding hydrogens is 495 g/mol. The summed E-state index contributed by atoms with van der Waals surface area (Å²) in [7, 11) is 0. The van der Waals surface area contributed by atoms with Crippen molar-refractivity contribution in [1.82, 2.24) is 4.98 Å². The number of para-hydroxylation sites is 1. The van der Waals surface area contributed by atoms with Crippen molar-refractivity contribution in [1.29, 1.82) is 0 Å². The Balaban J connectivity index is 1.65. The lowest BCUT2D eigenvalue weighted by molar-refractivity contribution is -0.113. The van der Waals surface area contributed by atoms with Crippen LogP contribution in [0.2, 0.25) is 10.0 Å². The second kappa shape index (κ2) is 10.5. The smallest absolute Gasteiger partial charge is 0.234 e. The van der Waals surface area contributed by atoms with E-state index >= 15 is 0 Å². The molecule has 172 valence electrons. The largest absolute Gasteiger partial charge is 0.325 e. The molecule has 3 nitrogen and oxygen atoms in total. The first-order valence-electron chi connectivity index (χ1n) is 11.0. The lowest BCUT2D eigenvalue weighted by Gasteiger charge is -2.18. The van der Waals surface area contributed by atoms with Gasteiger partial charge < -0.3 is 5.32 Å². The predicted molar refractivity (Wildman–Crippen MR) is 148 cm³/mol.